The van der Waals surface area contributed by atoms with Gasteiger partial charge in [0.15, 0.2) is 0 Å². The summed E-state index contributed by atoms with van der Waals surface area (Å²) in [6.07, 6.45) is 7.68. The van der Waals surface area contributed by atoms with Crippen LogP contribution < -0.4 is 0 Å². The quantitative estimate of drug-likeness (QED) is 0.585. The highest BCUT2D eigenvalue weighted by molar-refractivity contribution is 5.26. The third-order valence-corrected chi connectivity index (χ3v) is 1.31. The maximum atomic E-state index is 3.88. The second-order valence-electron chi connectivity index (χ2n) is 2.00. The molecule has 0 saturated carbocycles. The maximum Gasteiger partial charge on any atom is 0.135 e. The lowest BCUT2D eigenvalue weighted by Gasteiger charge is -1.95. The minimum atomic E-state index is 0.939. The van der Waals surface area contributed by atoms with E-state index >= 15 is 0 Å². The van der Waals surface area contributed by atoms with Crippen LogP contribution in [-0.2, 0) is 0 Å². The molecule has 11 heavy (non-hydrogen) atoms. The van der Waals surface area contributed by atoms with Crippen LogP contribution in [0.5, 0.6) is 0 Å². The third-order valence-electron chi connectivity index (χ3n) is 1.31. The average molecular weight is 145 g/mol. The van der Waals surface area contributed by atoms with E-state index in [2.05, 4.69) is 21.5 Å². The van der Waals surface area contributed by atoms with Crippen molar-refractivity contribution in [3.8, 4) is 5.69 Å². The first-order valence-electron chi connectivity index (χ1n) is 3.15. The van der Waals surface area contributed by atoms with Gasteiger partial charge in [0.25, 0.3) is 0 Å². The van der Waals surface area contributed by atoms with Crippen molar-refractivity contribution in [2.75, 3.05) is 0 Å². The van der Waals surface area contributed by atoms with Gasteiger partial charge in [0, 0.05) is 12.4 Å². The Morgan fingerprint density at radius 2 is 2.09 bits per heavy atom. The number of aromatic nitrogens is 4. The zero-order chi connectivity index (χ0) is 7.52. The molecule has 0 aliphatic rings. The summed E-state index contributed by atoms with van der Waals surface area (Å²) >= 11 is 0. The monoisotopic (exact) mass is 145 g/mol. The molecule has 4 heteroatoms. The molecule has 4 nitrogen and oxygen atoms in total. The Labute approximate surface area is 63.5 Å². The number of pyridine rings is 1. The molecule has 0 atom stereocenters. The first-order valence-corrected chi connectivity index (χ1v) is 3.15. The van der Waals surface area contributed by atoms with Crippen molar-refractivity contribution in [1.82, 2.24) is 20.0 Å². The first kappa shape index (κ1) is 6.03. The average Bonchev–Trinajstić information content (AvgIpc) is 2.58. The summed E-state index contributed by atoms with van der Waals surface area (Å²) in [5.74, 6) is 0. The molecule has 2 heterocycles. The summed E-state index contributed by atoms with van der Waals surface area (Å²) in [7, 11) is 0. The Balaban J connectivity index is 2.46. The smallest absolute Gasteiger partial charge is 0.135 e. The Morgan fingerprint density at radius 3 is 2.73 bits per heavy atom. The van der Waals surface area contributed by atoms with E-state index in [1.807, 2.05) is 12.1 Å². The molecule has 53 valence electrons. The van der Waals surface area contributed by atoms with Gasteiger partial charge in [-0.3, -0.25) is 4.98 Å². The number of hydrogen-bond donors (Lipinski definition) is 0. The van der Waals surface area contributed by atoms with Gasteiger partial charge in [-0.15, -0.1) is 5.10 Å². The lowest BCUT2D eigenvalue weighted by atomic mass is 10.4. The summed E-state index contributed by atoms with van der Waals surface area (Å²) in [5.41, 5.74) is 0.939. The molecule has 1 radical (unpaired) electrons. The van der Waals surface area contributed by atoms with Crippen molar-refractivity contribution in [1.29, 1.82) is 0 Å². The largest absolute Gasteiger partial charge is 0.265 e. The van der Waals surface area contributed by atoms with E-state index in [0.29, 0.717) is 0 Å². The van der Waals surface area contributed by atoms with Gasteiger partial charge in [0.1, 0.15) is 6.20 Å². The molecular formula is C7H5N4. The highest BCUT2D eigenvalue weighted by Gasteiger charge is 1.92. The maximum absolute atomic E-state index is 3.88. The number of hydrogen-bond acceptors (Lipinski definition) is 3. The van der Waals surface area contributed by atoms with Gasteiger partial charge in [-0.05, 0) is 12.1 Å². The van der Waals surface area contributed by atoms with Crippen molar-refractivity contribution < 1.29 is 0 Å². The predicted molar refractivity (Wildman–Crippen MR) is 38.0 cm³/mol. The van der Waals surface area contributed by atoms with Crippen LogP contribution in [0, 0.1) is 6.20 Å². The summed E-state index contributed by atoms with van der Waals surface area (Å²) in [6, 6.07) is 3.70. The number of nitrogens with zero attached hydrogens (tertiary/aromatic N) is 4. The topological polar surface area (TPSA) is 43.6 Å². The van der Waals surface area contributed by atoms with Crippen molar-refractivity contribution >= 4 is 0 Å². The molecular weight excluding hydrogens is 140 g/mol. The Hall–Kier alpha value is -1.71. The Bertz CT molecular complexity index is 313. The van der Waals surface area contributed by atoms with Crippen molar-refractivity contribution in [3.63, 3.8) is 0 Å². The molecule has 2 aromatic heterocycles. The normalized spacial score (nSPS) is 9.82. The zero-order valence-electron chi connectivity index (χ0n) is 5.68. The van der Waals surface area contributed by atoms with Gasteiger partial charge < -0.3 is 0 Å². The predicted octanol–water partition coefficient (Wildman–Crippen LogP) is 0.462. The van der Waals surface area contributed by atoms with Crippen LogP contribution in [0.4, 0.5) is 0 Å². The van der Waals surface area contributed by atoms with Gasteiger partial charge >= 0.3 is 0 Å². The molecule has 0 amide bonds. The van der Waals surface area contributed by atoms with E-state index < -0.39 is 0 Å². The molecule has 0 aliphatic heterocycles. The van der Waals surface area contributed by atoms with Crippen molar-refractivity contribution in [2.45, 2.75) is 0 Å². The van der Waals surface area contributed by atoms with Gasteiger partial charge in [0.05, 0.1) is 11.9 Å². The van der Waals surface area contributed by atoms with E-state index in [1.165, 1.54) is 0 Å². The molecule has 2 rings (SSSR count). The molecule has 0 bridgehead atoms. The van der Waals surface area contributed by atoms with Crippen LogP contribution in [0.15, 0.2) is 30.7 Å². The lowest BCUT2D eigenvalue weighted by molar-refractivity contribution is 0.801. The van der Waals surface area contributed by atoms with Gasteiger partial charge in [-0.25, -0.2) is 4.68 Å². The molecule has 0 fully saturated rings. The molecule has 0 spiro atoms. The molecule has 0 saturated heterocycles. The lowest BCUT2D eigenvalue weighted by Crippen LogP contribution is -1.94. The van der Waals surface area contributed by atoms with Crippen molar-refractivity contribution in [3.05, 3.63) is 36.9 Å². The highest BCUT2D eigenvalue weighted by atomic mass is 15.4. The molecule has 0 unspecified atom stereocenters. The van der Waals surface area contributed by atoms with Crippen LogP contribution in [-0.4, -0.2) is 20.0 Å². The van der Waals surface area contributed by atoms with Crippen LogP contribution in [0.25, 0.3) is 5.69 Å². The summed E-state index contributed by atoms with van der Waals surface area (Å²) in [6.45, 7) is 0. The minimum Gasteiger partial charge on any atom is -0.265 e. The van der Waals surface area contributed by atoms with E-state index in [1.54, 1.807) is 23.3 Å². The van der Waals surface area contributed by atoms with E-state index in [0.717, 1.165) is 5.69 Å². The summed E-state index contributed by atoms with van der Waals surface area (Å²) in [5, 5.41) is 7.34. The van der Waals surface area contributed by atoms with Crippen LogP contribution >= 0.6 is 0 Å². The standard InChI is InChI=1S/C7H5N4/c1-3-8-4-2-7(1)11-6-5-9-10-11/h1-4,6H. The fraction of sp³-hybridized carbons (Fsp3) is 0. The number of rotatable bonds is 1. The van der Waals surface area contributed by atoms with Crippen LogP contribution in [0.3, 0.4) is 0 Å². The van der Waals surface area contributed by atoms with E-state index in [4.69, 9.17) is 0 Å². The van der Waals surface area contributed by atoms with Gasteiger partial charge in [-0.1, -0.05) is 5.21 Å². The van der Waals surface area contributed by atoms with Crippen LogP contribution in [0.1, 0.15) is 0 Å². The first-order chi connectivity index (χ1) is 5.47. The molecule has 0 aliphatic carbocycles. The van der Waals surface area contributed by atoms with Gasteiger partial charge in [-0.2, -0.15) is 0 Å². The molecule has 0 aromatic carbocycles. The minimum absolute atomic E-state index is 0.939. The fourth-order valence-electron chi connectivity index (χ4n) is 0.803. The zero-order valence-corrected chi connectivity index (χ0v) is 5.68. The van der Waals surface area contributed by atoms with Gasteiger partial charge in [0.2, 0.25) is 0 Å². The Kier molecular flexibility index (Phi) is 1.37. The van der Waals surface area contributed by atoms with E-state index in [-0.39, 0.29) is 0 Å². The SMILES string of the molecule is [c]1cn(-c2ccncc2)nn1. The molecule has 2 aromatic rings. The molecule has 0 N–H and O–H groups in total. The van der Waals surface area contributed by atoms with Crippen molar-refractivity contribution in [2.24, 2.45) is 0 Å². The third kappa shape index (κ3) is 1.10. The highest BCUT2D eigenvalue weighted by Crippen LogP contribution is 2.00. The summed E-state index contributed by atoms with van der Waals surface area (Å²) < 4.78 is 1.63. The van der Waals surface area contributed by atoms with E-state index in [9.17, 15) is 0 Å². The summed E-state index contributed by atoms with van der Waals surface area (Å²) in [4.78, 5) is 3.88. The Morgan fingerprint density at radius 1 is 1.27 bits per heavy atom. The second kappa shape index (κ2) is 2.49. The fourth-order valence-corrected chi connectivity index (χ4v) is 0.803. The van der Waals surface area contributed by atoms with Crippen LogP contribution in [0.2, 0.25) is 0 Å². The second-order valence-corrected chi connectivity index (χ2v) is 2.00.